The molecule has 33 heavy (non-hydrogen) atoms. The number of hydrogen-bond donors (Lipinski definition) is 4. The number of methoxy groups -OCH3 is 1. The van der Waals surface area contributed by atoms with Crippen LogP contribution >= 0.6 is 19.9 Å². The van der Waals surface area contributed by atoms with Crippen molar-refractivity contribution >= 4 is 47.9 Å². The first-order valence-electron chi connectivity index (χ1n) is 9.90. The summed E-state index contributed by atoms with van der Waals surface area (Å²) in [6.07, 6.45) is -1.49. The van der Waals surface area contributed by atoms with Crippen molar-refractivity contribution in [1.29, 1.82) is 0 Å². The number of aromatic nitrogens is 6. The minimum absolute atomic E-state index is 0.0579. The highest BCUT2D eigenvalue weighted by Crippen LogP contribution is 2.59. The van der Waals surface area contributed by atoms with Gasteiger partial charge in [0, 0.05) is 7.11 Å². The van der Waals surface area contributed by atoms with Crippen molar-refractivity contribution in [3.05, 3.63) is 30.6 Å². The highest BCUT2D eigenvalue weighted by atomic mass is 32.2. The highest BCUT2D eigenvalue weighted by molar-refractivity contribution is 7.99. The zero-order valence-electron chi connectivity index (χ0n) is 17.1. The van der Waals surface area contributed by atoms with Crippen molar-refractivity contribution in [3.63, 3.8) is 0 Å². The van der Waals surface area contributed by atoms with Gasteiger partial charge in [0.05, 0.1) is 11.0 Å². The van der Waals surface area contributed by atoms with Crippen LogP contribution in [-0.2, 0) is 18.5 Å². The first-order valence-corrected chi connectivity index (χ1v) is 12.2. The average Bonchev–Trinajstić information content (AvgIpc) is 3.45. The summed E-state index contributed by atoms with van der Waals surface area (Å²) in [5.41, 5.74) is 8.60. The Labute approximate surface area is 190 Å². The molecule has 0 aliphatic carbocycles. The number of nitrogens with two attached hydrogens (primary N) is 1. The van der Waals surface area contributed by atoms with E-state index in [4.69, 9.17) is 24.3 Å². The Morgan fingerprint density at radius 1 is 1.27 bits per heavy atom. The third-order valence-electron chi connectivity index (χ3n) is 5.51. The van der Waals surface area contributed by atoms with Gasteiger partial charge in [0.1, 0.15) is 25.1 Å². The van der Waals surface area contributed by atoms with E-state index in [9.17, 15) is 9.79 Å². The molecule has 13 nitrogen and oxygen atoms in total. The number of ether oxygens (including phenoxy) is 2. The molecule has 4 atom stereocenters. The van der Waals surface area contributed by atoms with Crippen LogP contribution in [0.5, 0.6) is 0 Å². The molecule has 15 heteroatoms. The van der Waals surface area contributed by atoms with Gasteiger partial charge >= 0.3 is 8.17 Å². The van der Waals surface area contributed by atoms with Gasteiger partial charge in [-0.2, -0.15) is 14.3 Å². The van der Waals surface area contributed by atoms with E-state index in [1.165, 1.54) is 25.2 Å². The van der Waals surface area contributed by atoms with E-state index in [0.717, 1.165) is 11.0 Å². The quantitative estimate of drug-likeness (QED) is 0.302. The molecule has 2 saturated heterocycles. The van der Waals surface area contributed by atoms with Gasteiger partial charge in [-0.05, 0) is 23.9 Å². The van der Waals surface area contributed by atoms with Gasteiger partial charge in [-0.25, -0.2) is 19.9 Å². The first kappa shape index (κ1) is 21.1. The normalized spacial score (nSPS) is 26.8. The molecule has 1 aromatic carbocycles. The smallest absolute Gasteiger partial charge is 0.382 e. The van der Waals surface area contributed by atoms with Crippen molar-refractivity contribution in [2.75, 3.05) is 19.5 Å². The number of nitrogens with zero attached hydrogens (tertiary/aromatic N) is 5. The average molecular weight is 492 g/mol. The maximum Gasteiger partial charge on any atom is 0.570 e. The number of imidazole rings is 2. The Balaban J connectivity index is 1.45. The van der Waals surface area contributed by atoms with Crippen molar-refractivity contribution in [1.82, 2.24) is 29.5 Å². The Kier molecular flexibility index (Phi) is 5.01. The maximum absolute atomic E-state index is 9.92. The largest absolute Gasteiger partial charge is 0.570 e. The zero-order chi connectivity index (χ0) is 22.7. The highest BCUT2D eigenvalue weighted by Gasteiger charge is 2.60. The third kappa shape index (κ3) is 3.55. The summed E-state index contributed by atoms with van der Waals surface area (Å²) in [6, 6.07) is 7.67. The van der Waals surface area contributed by atoms with Crippen LogP contribution in [0, 0.1) is 0 Å². The van der Waals surface area contributed by atoms with Crippen LogP contribution in [0.25, 0.3) is 22.2 Å². The molecule has 2 fully saturated rings. The first-order chi connectivity index (χ1) is 15.9. The van der Waals surface area contributed by atoms with Crippen LogP contribution in [0.2, 0.25) is 0 Å². The van der Waals surface area contributed by atoms with Gasteiger partial charge in [-0.1, -0.05) is 12.1 Å². The van der Waals surface area contributed by atoms with E-state index >= 15 is 0 Å². The summed E-state index contributed by atoms with van der Waals surface area (Å²) in [5.74, 6) is 0.213. The monoisotopic (exact) mass is 492 g/mol. The number of fused-ring (bicyclic) bond motifs is 3. The second-order valence-electron chi connectivity index (χ2n) is 7.48. The van der Waals surface area contributed by atoms with E-state index in [1.54, 1.807) is 4.57 Å². The molecule has 4 aromatic rings. The lowest BCUT2D eigenvalue weighted by atomic mass is 10.1. The lowest BCUT2D eigenvalue weighted by Gasteiger charge is -2.26. The molecule has 0 radical (unpaired) electrons. The Bertz CT molecular complexity index is 1320. The Morgan fingerprint density at radius 3 is 2.94 bits per heavy atom. The molecule has 5 N–H and O–H groups in total. The second-order valence-corrected chi connectivity index (χ2v) is 9.88. The number of anilines is 1. The van der Waals surface area contributed by atoms with Crippen LogP contribution < -0.4 is 5.73 Å². The molecule has 1 unspecified atom stereocenters. The fourth-order valence-electron chi connectivity index (χ4n) is 4.06. The zero-order valence-corrected chi connectivity index (χ0v) is 18.8. The molecule has 0 bridgehead atoms. The van der Waals surface area contributed by atoms with Gasteiger partial charge in [0.2, 0.25) is 0 Å². The van der Waals surface area contributed by atoms with Gasteiger partial charge < -0.3 is 20.2 Å². The molecule has 0 saturated carbocycles. The van der Waals surface area contributed by atoms with E-state index in [1.807, 2.05) is 24.3 Å². The number of H-pyrrole nitrogens is 1. The summed E-state index contributed by atoms with van der Waals surface area (Å²) in [4.78, 5) is 40.8. The minimum Gasteiger partial charge on any atom is -0.382 e. The number of rotatable bonds is 4. The van der Waals surface area contributed by atoms with Crippen molar-refractivity contribution in [3.8, 4) is 0 Å². The third-order valence-corrected chi connectivity index (χ3v) is 7.37. The van der Waals surface area contributed by atoms with E-state index in [2.05, 4.69) is 24.9 Å². The Morgan fingerprint density at radius 2 is 2.12 bits per heavy atom. The fourth-order valence-corrected chi connectivity index (χ4v) is 5.94. The van der Waals surface area contributed by atoms with Gasteiger partial charge in [0.15, 0.2) is 39.6 Å². The predicted octanol–water partition coefficient (Wildman–Crippen LogP) is 1.43. The topological polar surface area (TPSA) is 176 Å². The van der Waals surface area contributed by atoms with Crippen LogP contribution in [0.3, 0.4) is 0 Å². The minimum atomic E-state index is -3.95. The van der Waals surface area contributed by atoms with Gasteiger partial charge in [-0.15, -0.1) is 4.52 Å². The van der Waals surface area contributed by atoms with Crippen molar-refractivity contribution in [2.24, 2.45) is 0 Å². The summed E-state index contributed by atoms with van der Waals surface area (Å²) >= 11 is 1.27. The molecular weight excluding hydrogens is 473 g/mol. The van der Waals surface area contributed by atoms with E-state index in [0.29, 0.717) is 21.5 Å². The number of para-hydroxylation sites is 2. The van der Waals surface area contributed by atoms with Crippen molar-refractivity contribution in [2.45, 2.75) is 34.9 Å². The van der Waals surface area contributed by atoms with E-state index in [-0.39, 0.29) is 12.4 Å². The molecule has 5 heterocycles. The summed E-state index contributed by atoms with van der Waals surface area (Å²) in [5, 5.41) is 1.09. The van der Waals surface area contributed by atoms with Crippen LogP contribution in [0.15, 0.2) is 40.9 Å². The lowest BCUT2D eigenvalue weighted by Crippen LogP contribution is -2.41. The van der Waals surface area contributed by atoms with Crippen LogP contribution in [0.1, 0.15) is 6.23 Å². The SMILES string of the molecule is COC1[C@H](n2c(Sc3nc4ccccc4[nH]3)nc3c(N)ncnc32)O[C@@H]2CO[P+](O)(O)O[C@@H]12. The van der Waals surface area contributed by atoms with Gasteiger partial charge in [-0.3, -0.25) is 4.57 Å². The molecular formula is C18H19N7O6PS+. The lowest BCUT2D eigenvalue weighted by molar-refractivity contribution is -0.0763. The summed E-state index contributed by atoms with van der Waals surface area (Å²) in [6.45, 7) is -0.0579. The van der Waals surface area contributed by atoms with Crippen LogP contribution in [0.4, 0.5) is 5.82 Å². The van der Waals surface area contributed by atoms with Crippen LogP contribution in [-0.4, -0.2) is 71.3 Å². The number of nitrogens with one attached hydrogen (secondary N) is 1. The second kappa shape index (κ2) is 7.82. The van der Waals surface area contributed by atoms with Gasteiger partial charge in [0.25, 0.3) is 0 Å². The predicted molar refractivity (Wildman–Crippen MR) is 117 cm³/mol. The number of nitrogen functional groups attached to an aromatic ring is 1. The number of hydrogen-bond acceptors (Lipinski definition) is 12. The van der Waals surface area contributed by atoms with E-state index < -0.39 is 32.7 Å². The maximum atomic E-state index is 9.92. The molecule has 6 rings (SSSR count). The summed E-state index contributed by atoms with van der Waals surface area (Å²) in [7, 11) is -2.46. The standard InChI is InChI=1S/C18H19N7O6PS/c1-28-13-12-10(6-29-32(26,27)31-12)30-16(13)25-15-11(14(19)20-7-21-15)24-18(25)33-17-22-8-4-2-3-5-9(8)23-17/h2-5,7,10,12-13,16,26-27H,6H2,1H3,(H,22,23)(H2,19,20,21)/q+1/t10-,12-,13?,16-/m1/s1. The van der Waals surface area contributed by atoms with Crippen molar-refractivity contribution < 1.29 is 28.3 Å². The molecule has 0 spiro atoms. The Hall–Kier alpha value is -2.42. The fraction of sp³-hybridized carbons (Fsp3) is 0.333. The number of aromatic amines is 1. The summed E-state index contributed by atoms with van der Waals surface area (Å²) < 4.78 is 24.0. The molecule has 172 valence electrons. The molecule has 3 aromatic heterocycles. The molecule has 0 amide bonds. The molecule has 2 aliphatic heterocycles. The molecule has 2 aliphatic rings. The number of benzene rings is 1.